The molecular weight excluding hydrogens is 172 g/mol. The van der Waals surface area contributed by atoms with Gasteiger partial charge in [-0.1, -0.05) is 27.2 Å². The molecule has 86 valence electrons. The van der Waals surface area contributed by atoms with E-state index >= 15 is 0 Å². The van der Waals surface area contributed by atoms with Gasteiger partial charge in [0.1, 0.15) is 0 Å². The average molecular weight is 200 g/mol. The van der Waals surface area contributed by atoms with E-state index in [0.29, 0.717) is 0 Å². The van der Waals surface area contributed by atoms with Crippen molar-refractivity contribution in [2.24, 2.45) is 5.92 Å². The largest absolute Gasteiger partial charge is 0.315 e. The van der Waals surface area contributed by atoms with Gasteiger partial charge in [0.15, 0.2) is 0 Å². The van der Waals surface area contributed by atoms with E-state index in [9.17, 15) is 0 Å². The predicted molar refractivity (Wildman–Crippen MR) is 64.7 cm³/mol. The molecule has 0 heterocycles. The number of rotatable bonds is 9. The zero-order valence-corrected chi connectivity index (χ0v) is 10.5. The lowest BCUT2D eigenvalue weighted by Gasteiger charge is -2.21. The number of nitrogens with one attached hydrogen (secondary N) is 1. The van der Waals surface area contributed by atoms with Gasteiger partial charge < -0.3 is 10.2 Å². The van der Waals surface area contributed by atoms with E-state index in [-0.39, 0.29) is 0 Å². The van der Waals surface area contributed by atoms with Crippen LogP contribution >= 0.6 is 0 Å². The van der Waals surface area contributed by atoms with E-state index in [4.69, 9.17) is 0 Å². The van der Waals surface area contributed by atoms with Gasteiger partial charge in [-0.15, -0.1) is 0 Å². The molecule has 0 radical (unpaired) electrons. The summed E-state index contributed by atoms with van der Waals surface area (Å²) in [6, 6.07) is 0. The molecule has 0 fully saturated rings. The highest BCUT2D eigenvalue weighted by Gasteiger charge is 2.04. The van der Waals surface area contributed by atoms with Crippen LogP contribution in [-0.2, 0) is 0 Å². The van der Waals surface area contributed by atoms with Crippen molar-refractivity contribution in [3.63, 3.8) is 0 Å². The van der Waals surface area contributed by atoms with Crippen molar-refractivity contribution in [1.82, 2.24) is 10.2 Å². The normalized spacial score (nSPS) is 13.5. The molecule has 14 heavy (non-hydrogen) atoms. The Morgan fingerprint density at radius 2 is 1.86 bits per heavy atom. The van der Waals surface area contributed by atoms with Gasteiger partial charge in [-0.05, 0) is 32.4 Å². The molecule has 0 amide bonds. The van der Waals surface area contributed by atoms with E-state index in [1.54, 1.807) is 0 Å². The molecule has 0 saturated carbocycles. The van der Waals surface area contributed by atoms with Gasteiger partial charge >= 0.3 is 0 Å². The molecule has 1 unspecified atom stereocenters. The van der Waals surface area contributed by atoms with Crippen LogP contribution in [0.1, 0.15) is 40.0 Å². The predicted octanol–water partition coefficient (Wildman–Crippen LogP) is 2.35. The Balaban J connectivity index is 3.30. The number of hydrogen-bond acceptors (Lipinski definition) is 2. The zero-order chi connectivity index (χ0) is 10.8. The molecule has 0 aliphatic carbocycles. The van der Waals surface area contributed by atoms with Gasteiger partial charge in [-0.2, -0.15) is 0 Å². The molecular formula is C12H28N2. The van der Waals surface area contributed by atoms with Crippen LogP contribution in [0.5, 0.6) is 0 Å². The molecule has 1 atom stereocenters. The fourth-order valence-corrected chi connectivity index (χ4v) is 1.78. The third kappa shape index (κ3) is 8.52. The minimum absolute atomic E-state index is 0.844. The fourth-order valence-electron chi connectivity index (χ4n) is 1.78. The number of hydrogen-bond donors (Lipinski definition) is 1. The van der Waals surface area contributed by atoms with Gasteiger partial charge in [0, 0.05) is 19.6 Å². The highest BCUT2D eigenvalue weighted by atomic mass is 15.1. The molecule has 0 aromatic heterocycles. The second-order valence-corrected chi connectivity index (χ2v) is 4.41. The van der Waals surface area contributed by atoms with Crippen LogP contribution in [0.3, 0.4) is 0 Å². The highest BCUT2D eigenvalue weighted by Crippen LogP contribution is 2.05. The first-order valence-electron chi connectivity index (χ1n) is 6.09. The van der Waals surface area contributed by atoms with Gasteiger partial charge in [0.05, 0.1) is 0 Å². The molecule has 0 aromatic rings. The Kier molecular flexibility index (Phi) is 9.42. The Hall–Kier alpha value is -0.0800. The quantitative estimate of drug-likeness (QED) is 0.575. The van der Waals surface area contributed by atoms with Gasteiger partial charge in [0.2, 0.25) is 0 Å². The highest BCUT2D eigenvalue weighted by molar-refractivity contribution is 4.60. The van der Waals surface area contributed by atoms with Crippen LogP contribution in [0.4, 0.5) is 0 Å². The summed E-state index contributed by atoms with van der Waals surface area (Å²) in [6.07, 6.45) is 3.89. The van der Waals surface area contributed by atoms with Crippen LogP contribution in [0.2, 0.25) is 0 Å². The molecule has 0 spiro atoms. The first kappa shape index (κ1) is 13.9. The van der Waals surface area contributed by atoms with E-state index in [0.717, 1.165) is 19.0 Å². The lowest BCUT2D eigenvalue weighted by atomic mass is 10.1. The summed E-state index contributed by atoms with van der Waals surface area (Å²) in [4.78, 5) is 2.43. The summed E-state index contributed by atoms with van der Waals surface area (Å²) < 4.78 is 0. The molecule has 0 bridgehead atoms. The second-order valence-electron chi connectivity index (χ2n) is 4.41. The number of likely N-dealkylation sites (N-methyl/N-ethyl adjacent to an activating group) is 1. The molecule has 0 aliphatic heterocycles. The maximum absolute atomic E-state index is 3.43. The fraction of sp³-hybridized carbons (Fsp3) is 1.00. The summed E-state index contributed by atoms with van der Waals surface area (Å²) in [5.74, 6) is 0.844. The van der Waals surface area contributed by atoms with Gasteiger partial charge in [0.25, 0.3) is 0 Å². The van der Waals surface area contributed by atoms with E-state index in [1.807, 2.05) is 0 Å². The minimum atomic E-state index is 0.844. The maximum Gasteiger partial charge on any atom is 0.0104 e. The van der Waals surface area contributed by atoms with Gasteiger partial charge in [-0.25, -0.2) is 0 Å². The maximum atomic E-state index is 3.43. The second kappa shape index (κ2) is 9.47. The monoisotopic (exact) mass is 200 g/mol. The van der Waals surface area contributed by atoms with E-state index in [2.05, 4.69) is 38.0 Å². The lowest BCUT2D eigenvalue weighted by molar-refractivity contribution is 0.277. The molecule has 0 aromatic carbocycles. The average Bonchev–Trinajstić information content (AvgIpc) is 2.13. The molecule has 1 N–H and O–H groups in total. The molecule has 0 aliphatic rings. The van der Waals surface area contributed by atoms with Crippen molar-refractivity contribution >= 4 is 0 Å². The smallest absolute Gasteiger partial charge is 0.0104 e. The van der Waals surface area contributed by atoms with Crippen LogP contribution in [0.15, 0.2) is 0 Å². The van der Waals surface area contributed by atoms with Crippen molar-refractivity contribution in [2.45, 2.75) is 40.0 Å². The topological polar surface area (TPSA) is 15.3 Å². The van der Waals surface area contributed by atoms with Crippen LogP contribution < -0.4 is 5.32 Å². The third-order valence-corrected chi connectivity index (χ3v) is 2.50. The first-order chi connectivity index (χ1) is 6.70. The first-order valence-corrected chi connectivity index (χ1v) is 6.09. The Labute approximate surface area is 90.1 Å². The lowest BCUT2D eigenvalue weighted by Crippen LogP contribution is -2.32. The SMILES string of the molecule is CCCNCCN(C)CC(C)CCC. The van der Waals surface area contributed by atoms with E-state index in [1.165, 1.54) is 32.4 Å². The molecule has 0 rings (SSSR count). The molecule has 0 saturated heterocycles. The van der Waals surface area contributed by atoms with Crippen LogP contribution in [0, 0.1) is 5.92 Å². The summed E-state index contributed by atoms with van der Waals surface area (Å²) in [5.41, 5.74) is 0. The van der Waals surface area contributed by atoms with E-state index < -0.39 is 0 Å². The van der Waals surface area contributed by atoms with Crippen molar-refractivity contribution in [3.05, 3.63) is 0 Å². The summed E-state index contributed by atoms with van der Waals surface area (Å²) in [7, 11) is 2.22. The Morgan fingerprint density at radius 1 is 1.14 bits per heavy atom. The van der Waals surface area contributed by atoms with Gasteiger partial charge in [-0.3, -0.25) is 0 Å². The summed E-state index contributed by atoms with van der Waals surface area (Å²) in [6.45, 7) is 11.5. The third-order valence-electron chi connectivity index (χ3n) is 2.50. The summed E-state index contributed by atoms with van der Waals surface area (Å²) in [5, 5.41) is 3.43. The van der Waals surface area contributed by atoms with Crippen LogP contribution in [-0.4, -0.2) is 38.1 Å². The van der Waals surface area contributed by atoms with Crippen molar-refractivity contribution < 1.29 is 0 Å². The zero-order valence-electron chi connectivity index (χ0n) is 10.5. The summed E-state index contributed by atoms with van der Waals surface area (Å²) >= 11 is 0. The van der Waals surface area contributed by atoms with Crippen molar-refractivity contribution in [3.8, 4) is 0 Å². The Bertz CT molecular complexity index is 115. The number of nitrogens with zero attached hydrogens (tertiary/aromatic N) is 1. The molecule has 2 nitrogen and oxygen atoms in total. The van der Waals surface area contributed by atoms with Crippen molar-refractivity contribution in [2.75, 3.05) is 33.2 Å². The van der Waals surface area contributed by atoms with Crippen LogP contribution in [0.25, 0.3) is 0 Å². The minimum Gasteiger partial charge on any atom is -0.315 e. The van der Waals surface area contributed by atoms with Crippen molar-refractivity contribution in [1.29, 1.82) is 0 Å². The molecule has 2 heteroatoms. The standard InChI is InChI=1S/C12H28N2/c1-5-7-12(3)11-14(4)10-9-13-8-6-2/h12-13H,5-11H2,1-4H3. The Morgan fingerprint density at radius 3 is 2.43 bits per heavy atom.